The van der Waals surface area contributed by atoms with Gasteiger partial charge in [-0.2, -0.15) is 0 Å². The summed E-state index contributed by atoms with van der Waals surface area (Å²) in [5.74, 6) is 0.222. The van der Waals surface area contributed by atoms with Gasteiger partial charge in [0.15, 0.2) is 0 Å². The van der Waals surface area contributed by atoms with Crippen LogP contribution in [0.3, 0.4) is 0 Å². The van der Waals surface area contributed by atoms with Gasteiger partial charge in [0.1, 0.15) is 5.75 Å². The van der Waals surface area contributed by atoms with Crippen LogP contribution in [-0.2, 0) is 13.0 Å². The van der Waals surface area contributed by atoms with Gasteiger partial charge in [-0.25, -0.2) is 0 Å². The zero-order valence-corrected chi connectivity index (χ0v) is 19.5. The number of phenols is 1. The summed E-state index contributed by atoms with van der Waals surface area (Å²) < 4.78 is 0. The van der Waals surface area contributed by atoms with E-state index in [1.54, 1.807) is 12.1 Å². The van der Waals surface area contributed by atoms with Crippen LogP contribution in [-0.4, -0.2) is 29.1 Å². The smallest absolute Gasteiger partial charge is 0.251 e. The third-order valence-corrected chi connectivity index (χ3v) is 5.88. The molecule has 0 unspecified atom stereocenters. The van der Waals surface area contributed by atoms with E-state index in [1.807, 2.05) is 36.5 Å². The highest BCUT2D eigenvalue weighted by atomic mass is 16.3. The van der Waals surface area contributed by atoms with Crippen molar-refractivity contribution in [2.75, 3.05) is 13.1 Å². The maximum atomic E-state index is 12.7. The minimum atomic E-state index is -0.0479. The molecule has 1 heterocycles. The van der Waals surface area contributed by atoms with E-state index < -0.39 is 0 Å². The van der Waals surface area contributed by atoms with E-state index in [0.717, 1.165) is 47.0 Å². The molecule has 0 aliphatic rings. The molecule has 0 atom stereocenters. The van der Waals surface area contributed by atoms with Gasteiger partial charge in [0.05, 0.1) is 0 Å². The molecule has 0 bridgehead atoms. The highest BCUT2D eigenvalue weighted by molar-refractivity contribution is 5.95. The molecule has 0 aliphatic carbocycles. The Bertz CT molecular complexity index is 1270. The first-order valence-corrected chi connectivity index (χ1v) is 11.7. The van der Waals surface area contributed by atoms with Crippen molar-refractivity contribution in [3.05, 3.63) is 107 Å². The lowest BCUT2D eigenvalue weighted by Crippen LogP contribution is -2.26. The second-order valence-electron chi connectivity index (χ2n) is 8.49. The van der Waals surface area contributed by atoms with Crippen molar-refractivity contribution in [2.45, 2.75) is 26.3 Å². The predicted octanol–water partition coefficient (Wildman–Crippen LogP) is 5.35. The first-order valence-electron chi connectivity index (χ1n) is 11.7. The average Bonchev–Trinajstić information content (AvgIpc) is 3.25. The molecule has 5 nitrogen and oxygen atoms in total. The van der Waals surface area contributed by atoms with Crippen LogP contribution in [0.15, 0.2) is 79.0 Å². The summed E-state index contributed by atoms with van der Waals surface area (Å²) in [5, 5.41) is 17.3. The Labute approximate surface area is 200 Å². The van der Waals surface area contributed by atoms with Crippen molar-refractivity contribution < 1.29 is 9.90 Å². The molecule has 0 radical (unpaired) electrons. The maximum absolute atomic E-state index is 12.7. The third-order valence-electron chi connectivity index (χ3n) is 5.88. The summed E-state index contributed by atoms with van der Waals surface area (Å²) in [6.07, 6.45) is 7.76. The second-order valence-corrected chi connectivity index (χ2v) is 8.49. The molecule has 1 aromatic heterocycles. The highest BCUT2D eigenvalue weighted by Gasteiger charge is 2.10. The number of phenolic OH excluding ortho intramolecular Hbond substituents is 1. The van der Waals surface area contributed by atoms with E-state index in [0.29, 0.717) is 18.7 Å². The van der Waals surface area contributed by atoms with Crippen LogP contribution >= 0.6 is 0 Å². The number of carbonyl (C=O) groups excluding carboxylic acids is 1. The lowest BCUT2D eigenvalue weighted by atomic mass is 10.1. The molecular formula is C29H31N3O2. The lowest BCUT2D eigenvalue weighted by molar-refractivity contribution is 0.0953. The van der Waals surface area contributed by atoms with E-state index in [1.165, 1.54) is 5.56 Å². The molecule has 0 aliphatic heterocycles. The number of H-pyrrole nitrogens is 1. The number of hydrogen-bond donors (Lipinski definition) is 4. The van der Waals surface area contributed by atoms with E-state index in [-0.39, 0.29) is 11.7 Å². The van der Waals surface area contributed by atoms with Crippen molar-refractivity contribution in [1.82, 2.24) is 15.6 Å². The Balaban J connectivity index is 1.25. The number of hydrogen-bond acceptors (Lipinski definition) is 3. The maximum Gasteiger partial charge on any atom is 0.251 e. The fourth-order valence-electron chi connectivity index (χ4n) is 3.98. The van der Waals surface area contributed by atoms with Crippen LogP contribution < -0.4 is 10.6 Å². The number of rotatable bonds is 10. The number of benzene rings is 3. The summed E-state index contributed by atoms with van der Waals surface area (Å²) in [4.78, 5) is 16.0. The Kier molecular flexibility index (Phi) is 7.79. The molecule has 4 N–H and O–H groups in total. The fourth-order valence-corrected chi connectivity index (χ4v) is 3.98. The average molecular weight is 454 g/mol. The zero-order valence-electron chi connectivity index (χ0n) is 19.5. The van der Waals surface area contributed by atoms with Crippen LogP contribution in [0.25, 0.3) is 17.0 Å². The minimum absolute atomic E-state index is 0.0479. The van der Waals surface area contributed by atoms with Gasteiger partial charge >= 0.3 is 0 Å². The SMILES string of the molecule is Cc1ccc(/C=C/CCNC(=O)c2ccccc2CNCCc2c[nH]c3ccc(O)cc23)cc1. The quantitative estimate of drug-likeness (QED) is 0.245. The van der Waals surface area contributed by atoms with Crippen LogP contribution in [0.1, 0.15) is 39.0 Å². The zero-order chi connectivity index (χ0) is 23.8. The topological polar surface area (TPSA) is 77.2 Å². The standard InChI is InChI=1S/C29H31N3O2/c1-21-9-11-22(12-10-21)6-4-5-16-31-29(34)26-8-3-2-7-23(26)19-30-17-15-24-20-32-28-14-13-25(33)18-27(24)28/h2-4,6-14,18,20,30,32-33H,5,15-17,19H2,1H3,(H,31,34)/b6-4+. The van der Waals surface area contributed by atoms with Gasteiger partial charge in [-0.15, -0.1) is 0 Å². The first-order chi connectivity index (χ1) is 16.6. The Hall–Kier alpha value is -3.83. The predicted molar refractivity (Wildman–Crippen MR) is 139 cm³/mol. The Morgan fingerprint density at radius 3 is 2.68 bits per heavy atom. The highest BCUT2D eigenvalue weighted by Crippen LogP contribution is 2.23. The van der Waals surface area contributed by atoms with E-state index >= 15 is 0 Å². The molecule has 4 aromatic rings. The molecule has 0 spiro atoms. The van der Waals surface area contributed by atoms with E-state index in [9.17, 15) is 9.90 Å². The van der Waals surface area contributed by atoms with Gasteiger partial charge in [-0.3, -0.25) is 4.79 Å². The summed E-state index contributed by atoms with van der Waals surface area (Å²) >= 11 is 0. The van der Waals surface area contributed by atoms with Gasteiger partial charge < -0.3 is 20.7 Å². The summed E-state index contributed by atoms with van der Waals surface area (Å²) in [6.45, 7) is 4.05. The lowest BCUT2D eigenvalue weighted by Gasteiger charge is -2.11. The molecule has 0 fully saturated rings. The van der Waals surface area contributed by atoms with Crippen LogP contribution in [0, 0.1) is 6.92 Å². The number of aryl methyl sites for hydroxylation is 1. The van der Waals surface area contributed by atoms with E-state index in [4.69, 9.17) is 0 Å². The van der Waals surface area contributed by atoms with Crippen LogP contribution in [0.5, 0.6) is 5.75 Å². The number of nitrogens with one attached hydrogen (secondary N) is 3. The van der Waals surface area contributed by atoms with Gasteiger partial charge in [0.25, 0.3) is 5.91 Å². The van der Waals surface area contributed by atoms with Gasteiger partial charge in [-0.1, -0.05) is 60.2 Å². The van der Waals surface area contributed by atoms with Gasteiger partial charge in [0.2, 0.25) is 0 Å². The van der Waals surface area contributed by atoms with Crippen molar-refractivity contribution in [3.63, 3.8) is 0 Å². The summed E-state index contributed by atoms with van der Waals surface area (Å²) in [7, 11) is 0. The molecular weight excluding hydrogens is 422 g/mol. The van der Waals surface area contributed by atoms with Crippen LogP contribution in [0.4, 0.5) is 0 Å². The largest absolute Gasteiger partial charge is 0.508 e. The third kappa shape index (κ3) is 6.15. The summed E-state index contributed by atoms with van der Waals surface area (Å²) in [6, 6.07) is 21.4. The van der Waals surface area contributed by atoms with Crippen LogP contribution in [0.2, 0.25) is 0 Å². The molecule has 0 saturated carbocycles. The van der Waals surface area contributed by atoms with Crippen molar-refractivity contribution in [2.24, 2.45) is 0 Å². The Morgan fingerprint density at radius 2 is 1.82 bits per heavy atom. The molecule has 1 amide bonds. The molecule has 3 aromatic carbocycles. The monoisotopic (exact) mass is 453 g/mol. The number of amides is 1. The number of carbonyl (C=O) groups is 1. The summed E-state index contributed by atoms with van der Waals surface area (Å²) in [5.41, 5.74) is 6.27. The normalized spacial score (nSPS) is 11.3. The number of aromatic nitrogens is 1. The molecule has 5 heteroatoms. The van der Waals surface area contributed by atoms with Crippen molar-refractivity contribution in [3.8, 4) is 5.75 Å². The van der Waals surface area contributed by atoms with E-state index in [2.05, 4.69) is 59.0 Å². The molecule has 4 rings (SSSR count). The Morgan fingerprint density at radius 1 is 1.00 bits per heavy atom. The number of aromatic hydroxyl groups is 1. The van der Waals surface area contributed by atoms with Crippen molar-refractivity contribution in [1.29, 1.82) is 0 Å². The van der Waals surface area contributed by atoms with Gasteiger partial charge in [0, 0.05) is 35.8 Å². The van der Waals surface area contributed by atoms with Crippen molar-refractivity contribution >= 4 is 22.9 Å². The van der Waals surface area contributed by atoms with Gasteiger partial charge in [-0.05, 0) is 67.3 Å². The first kappa shape index (κ1) is 23.3. The minimum Gasteiger partial charge on any atom is -0.508 e. The number of aromatic amines is 1. The number of fused-ring (bicyclic) bond motifs is 1. The molecule has 0 saturated heterocycles. The molecule has 174 valence electrons. The second kappa shape index (κ2) is 11.3. The molecule has 34 heavy (non-hydrogen) atoms. The fraction of sp³-hybridized carbons (Fsp3) is 0.207.